The van der Waals surface area contributed by atoms with Crippen LogP contribution in [-0.4, -0.2) is 55.6 Å². The maximum atomic E-state index is 12.1. The summed E-state index contributed by atoms with van der Waals surface area (Å²) in [6, 6.07) is 5.32. The number of amides is 1. The number of nitrogens with zero attached hydrogens (tertiary/aromatic N) is 1. The molecule has 0 unspecified atom stereocenters. The molecule has 1 aliphatic rings. The molecule has 1 heterocycles. The van der Waals surface area contributed by atoms with Crippen LogP contribution < -0.4 is 10.1 Å². The Balaban J connectivity index is 1.65. The molecular weight excluding hydrogens is 349 g/mol. The summed E-state index contributed by atoms with van der Waals surface area (Å²) in [6.45, 7) is 7.34. The van der Waals surface area contributed by atoms with E-state index in [0.717, 1.165) is 26.1 Å². The predicted octanol–water partition coefficient (Wildman–Crippen LogP) is 2.74. The minimum atomic E-state index is -4.71. The second-order valence-corrected chi connectivity index (χ2v) is 6.59. The number of halogens is 3. The quantitative estimate of drug-likeness (QED) is 0.746. The van der Waals surface area contributed by atoms with Crippen molar-refractivity contribution in [2.24, 2.45) is 0 Å². The molecule has 1 saturated heterocycles. The Hall–Kier alpha value is -1.80. The van der Waals surface area contributed by atoms with E-state index in [1.165, 1.54) is 24.3 Å². The van der Waals surface area contributed by atoms with Gasteiger partial charge >= 0.3 is 6.36 Å². The molecule has 1 fully saturated rings. The molecule has 0 aromatic heterocycles. The van der Waals surface area contributed by atoms with Crippen molar-refractivity contribution in [2.45, 2.75) is 45.3 Å². The fourth-order valence-corrected chi connectivity index (χ4v) is 3.05. The van der Waals surface area contributed by atoms with E-state index < -0.39 is 6.36 Å². The van der Waals surface area contributed by atoms with Gasteiger partial charge < -0.3 is 14.8 Å². The van der Waals surface area contributed by atoms with Crippen LogP contribution in [0, 0.1) is 0 Å². The lowest BCUT2D eigenvalue weighted by atomic mass is 10.1. The molecule has 1 aromatic rings. The van der Waals surface area contributed by atoms with Crippen LogP contribution in [0.25, 0.3) is 0 Å². The van der Waals surface area contributed by atoms with Crippen LogP contribution in [0.15, 0.2) is 24.3 Å². The fourth-order valence-electron chi connectivity index (χ4n) is 3.05. The molecule has 0 saturated carbocycles. The highest BCUT2D eigenvalue weighted by Gasteiger charge is 2.31. The molecule has 2 rings (SSSR count). The third kappa shape index (κ3) is 7.61. The molecule has 0 aliphatic carbocycles. The normalized spacial score (nSPS) is 21.4. The predicted molar refractivity (Wildman–Crippen MR) is 90.9 cm³/mol. The lowest BCUT2D eigenvalue weighted by molar-refractivity contribution is -0.274. The third-order valence-corrected chi connectivity index (χ3v) is 3.99. The molecule has 0 bridgehead atoms. The van der Waals surface area contributed by atoms with Crippen LogP contribution in [0.4, 0.5) is 13.2 Å². The first-order chi connectivity index (χ1) is 12.2. The van der Waals surface area contributed by atoms with Crippen LogP contribution in [0.1, 0.15) is 25.8 Å². The van der Waals surface area contributed by atoms with Crippen molar-refractivity contribution in [1.82, 2.24) is 10.2 Å². The van der Waals surface area contributed by atoms with Gasteiger partial charge in [-0.05, 0) is 38.0 Å². The summed E-state index contributed by atoms with van der Waals surface area (Å²) < 4.78 is 45.8. The van der Waals surface area contributed by atoms with Crippen LogP contribution >= 0.6 is 0 Å². The topological polar surface area (TPSA) is 50.8 Å². The molecule has 8 heteroatoms. The number of morpholine rings is 1. The van der Waals surface area contributed by atoms with E-state index in [4.69, 9.17) is 4.74 Å². The van der Waals surface area contributed by atoms with Crippen LogP contribution in [0.2, 0.25) is 0 Å². The number of alkyl halides is 3. The van der Waals surface area contributed by atoms with Crippen LogP contribution in [-0.2, 0) is 16.0 Å². The number of hydrogen-bond acceptors (Lipinski definition) is 4. The van der Waals surface area contributed by atoms with Crippen LogP contribution in [0.5, 0.6) is 5.75 Å². The molecule has 5 nitrogen and oxygen atoms in total. The average molecular weight is 374 g/mol. The van der Waals surface area contributed by atoms with Gasteiger partial charge in [0.05, 0.1) is 18.6 Å². The molecule has 1 aromatic carbocycles. The monoisotopic (exact) mass is 374 g/mol. The summed E-state index contributed by atoms with van der Waals surface area (Å²) in [5, 5.41) is 2.84. The number of ether oxygens (including phenoxy) is 2. The van der Waals surface area contributed by atoms with Crippen LogP contribution in [0.3, 0.4) is 0 Å². The van der Waals surface area contributed by atoms with Gasteiger partial charge in [-0.2, -0.15) is 0 Å². The second-order valence-electron chi connectivity index (χ2n) is 6.59. The van der Waals surface area contributed by atoms with Crippen molar-refractivity contribution in [3.05, 3.63) is 29.8 Å². The fraction of sp³-hybridized carbons (Fsp3) is 0.611. The Morgan fingerprint density at radius 3 is 2.42 bits per heavy atom. The van der Waals surface area contributed by atoms with E-state index in [1.54, 1.807) is 0 Å². The number of benzene rings is 1. The van der Waals surface area contributed by atoms with Crippen molar-refractivity contribution in [1.29, 1.82) is 0 Å². The Labute approximate surface area is 151 Å². The molecule has 1 aliphatic heterocycles. The van der Waals surface area contributed by atoms with Gasteiger partial charge in [-0.15, -0.1) is 13.2 Å². The molecule has 2 atom stereocenters. The highest BCUT2D eigenvalue weighted by molar-refractivity contribution is 5.78. The van der Waals surface area contributed by atoms with Crippen molar-refractivity contribution < 1.29 is 27.4 Å². The summed E-state index contributed by atoms with van der Waals surface area (Å²) in [5.74, 6) is -0.450. The van der Waals surface area contributed by atoms with Gasteiger partial charge in [-0.1, -0.05) is 12.1 Å². The maximum absolute atomic E-state index is 12.1. The zero-order valence-electron chi connectivity index (χ0n) is 15.0. The average Bonchev–Trinajstić information content (AvgIpc) is 2.51. The zero-order valence-corrected chi connectivity index (χ0v) is 15.0. The summed E-state index contributed by atoms with van der Waals surface area (Å²) >= 11 is 0. The standard InChI is InChI=1S/C18H25F3N2O3/c1-13-11-23(12-14(2)25-13)9-3-8-22-17(24)10-15-4-6-16(7-5-15)26-18(19,20)21/h4-7,13-14H,3,8-12H2,1-2H3,(H,22,24)/t13-,14-/m1/s1. The Kier molecular flexibility index (Phi) is 7.28. The van der Waals surface area contributed by atoms with Gasteiger partial charge in [0.25, 0.3) is 0 Å². The van der Waals surface area contributed by atoms with E-state index in [0.29, 0.717) is 12.1 Å². The van der Waals surface area contributed by atoms with Crippen molar-refractivity contribution >= 4 is 5.91 Å². The van der Waals surface area contributed by atoms with E-state index in [1.807, 2.05) is 0 Å². The summed E-state index contributed by atoms with van der Waals surface area (Å²) in [6.07, 6.45) is -3.31. The number of hydrogen-bond donors (Lipinski definition) is 1. The second kappa shape index (κ2) is 9.23. The molecular formula is C18H25F3N2O3. The summed E-state index contributed by atoms with van der Waals surface area (Å²) in [4.78, 5) is 14.2. The molecule has 0 spiro atoms. The smallest absolute Gasteiger partial charge is 0.406 e. The van der Waals surface area contributed by atoms with Gasteiger partial charge in [0.1, 0.15) is 5.75 Å². The van der Waals surface area contributed by atoms with E-state index >= 15 is 0 Å². The Bertz CT molecular complexity index is 568. The van der Waals surface area contributed by atoms with Crippen molar-refractivity contribution in [3.8, 4) is 5.75 Å². The van der Waals surface area contributed by atoms with Gasteiger partial charge in [0, 0.05) is 26.2 Å². The molecule has 0 radical (unpaired) electrons. The van der Waals surface area contributed by atoms with Gasteiger partial charge in [-0.25, -0.2) is 0 Å². The Morgan fingerprint density at radius 2 is 1.85 bits per heavy atom. The SMILES string of the molecule is C[C@@H]1CN(CCCNC(=O)Cc2ccc(OC(F)(F)F)cc2)C[C@@H](C)O1. The number of nitrogens with one attached hydrogen (secondary N) is 1. The third-order valence-electron chi connectivity index (χ3n) is 3.99. The zero-order chi connectivity index (χ0) is 19.2. The van der Waals surface area contributed by atoms with E-state index in [9.17, 15) is 18.0 Å². The van der Waals surface area contributed by atoms with Gasteiger partial charge in [-0.3, -0.25) is 9.69 Å². The van der Waals surface area contributed by atoms with Crippen molar-refractivity contribution in [3.63, 3.8) is 0 Å². The molecule has 146 valence electrons. The Morgan fingerprint density at radius 1 is 1.23 bits per heavy atom. The highest BCUT2D eigenvalue weighted by Crippen LogP contribution is 2.22. The largest absolute Gasteiger partial charge is 0.573 e. The maximum Gasteiger partial charge on any atom is 0.573 e. The summed E-state index contributed by atoms with van der Waals surface area (Å²) in [5.41, 5.74) is 0.632. The number of rotatable bonds is 7. The van der Waals surface area contributed by atoms with Crippen molar-refractivity contribution in [2.75, 3.05) is 26.2 Å². The van der Waals surface area contributed by atoms with Gasteiger partial charge in [0.15, 0.2) is 0 Å². The number of carbonyl (C=O) groups excluding carboxylic acids is 1. The highest BCUT2D eigenvalue weighted by atomic mass is 19.4. The van der Waals surface area contributed by atoms with Gasteiger partial charge in [0.2, 0.25) is 5.91 Å². The molecule has 26 heavy (non-hydrogen) atoms. The molecule has 1 N–H and O–H groups in total. The van der Waals surface area contributed by atoms with E-state index in [2.05, 4.69) is 28.8 Å². The van der Waals surface area contributed by atoms with E-state index in [-0.39, 0.29) is 30.3 Å². The first-order valence-electron chi connectivity index (χ1n) is 8.70. The first kappa shape index (κ1) is 20.5. The lowest BCUT2D eigenvalue weighted by Gasteiger charge is -2.35. The molecule has 1 amide bonds. The summed E-state index contributed by atoms with van der Waals surface area (Å²) in [7, 11) is 0. The lowest BCUT2D eigenvalue weighted by Crippen LogP contribution is -2.46. The first-order valence-corrected chi connectivity index (χ1v) is 8.70. The number of carbonyl (C=O) groups is 1. The minimum absolute atomic E-state index is 0.123. The minimum Gasteiger partial charge on any atom is -0.406 e.